The molecule has 0 atom stereocenters. The highest BCUT2D eigenvalue weighted by molar-refractivity contribution is 6.02. The number of hydrogen-bond acceptors (Lipinski definition) is 3. The number of rotatable bonds is 2. The summed E-state index contributed by atoms with van der Waals surface area (Å²) in [5, 5.41) is 0. The number of hydrogen-bond donors (Lipinski definition) is 0. The minimum Gasteiger partial charge on any atom is -0.298 e. The molecule has 0 amide bonds. The molecular formula is C7H10FNO2. The van der Waals surface area contributed by atoms with Crippen LogP contribution in [0.3, 0.4) is 0 Å². The molecule has 0 aromatic carbocycles. The molecule has 1 fully saturated rings. The average molecular weight is 159 g/mol. The minimum atomic E-state index is -0.499. The van der Waals surface area contributed by atoms with E-state index in [2.05, 4.69) is 0 Å². The van der Waals surface area contributed by atoms with Crippen molar-refractivity contribution in [2.24, 2.45) is 0 Å². The van der Waals surface area contributed by atoms with Crippen LogP contribution in [0.2, 0.25) is 0 Å². The molecule has 0 saturated carbocycles. The lowest BCUT2D eigenvalue weighted by Crippen LogP contribution is -2.42. The van der Waals surface area contributed by atoms with Gasteiger partial charge in [-0.1, -0.05) is 0 Å². The van der Waals surface area contributed by atoms with E-state index in [1.54, 1.807) is 0 Å². The van der Waals surface area contributed by atoms with Gasteiger partial charge in [-0.05, 0) is 0 Å². The number of carbonyl (C=O) groups is 2. The van der Waals surface area contributed by atoms with Crippen molar-refractivity contribution >= 4 is 11.6 Å². The summed E-state index contributed by atoms with van der Waals surface area (Å²) in [5.74, 6) is -0.204. The van der Waals surface area contributed by atoms with Crippen LogP contribution in [0.1, 0.15) is 6.42 Å². The number of likely N-dealkylation sites (tertiary alicyclic amines) is 1. The molecule has 1 saturated heterocycles. The predicted octanol–water partition coefficient (Wildman–Crippen LogP) is -0.200. The van der Waals surface area contributed by atoms with Crippen molar-refractivity contribution in [1.29, 1.82) is 0 Å². The van der Waals surface area contributed by atoms with Crippen LogP contribution >= 0.6 is 0 Å². The lowest BCUT2D eigenvalue weighted by atomic mass is 10.1. The summed E-state index contributed by atoms with van der Waals surface area (Å²) in [5.41, 5.74) is 0. The third-order valence-electron chi connectivity index (χ3n) is 1.60. The van der Waals surface area contributed by atoms with E-state index in [0.29, 0.717) is 0 Å². The minimum absolute atomic E-state index is 0.0305. The second kappa shape index (κ2) is 3.57. The van der Waals surface area contributed by atoms with Gasteiger partial charge < -0.3 is 0 Å². The monoisotopic (exact) mass is 159 g/mol. The molecule has 0 radical (unpaired) electrons. The fourth-order valence-corrected chi connectivity index (χ4v) is 1.16. The van der Waals surface area contributed by atoms with Crippen molar-refractivity contribution in [1.82, 2.24) is 4.90 Å². The van der Waals surface area contributed by atoms with Gasteiger partial charge in [0.15, 0.2) is 11.6 Å². The van der Waals surface area contributed by atoms with E-state index >= 15 is 0 Å². The fourth-order valence-electron chi connectivity index (χ4n) is 1.16. The van der Waals surface area contributed by atoms with Crippen LogP contribution in [0.15, 0.2) is 0 Å². The third kappa shape index (κ3) is 2.38. The van der Waals surface area contributed by atoms with Gasteiger partial charge in [0.2, 0.25) is 0 Å². The van der Waals surface area contributed by atoms with Crippen LogP contribution in [-0.4, -0.2) is 42.8 Å². The zero-order valence-corrected chi connectivity index (χ0v) is 6.18. The molecule has 0 N–H and O–H groups in total. The van der Waals surface area contributed by atoms with E-state index in [1.807, 2.05) is 0 Å². The molecule has 0 bridgehead atoms. The van der Waals surface area contributed by atoms with Gasteiger partial charge in [-0.15, -0.1) is 0 Å². The number of piperidine rings is 1. The number of carbonyl (C=O) groups excluding carboxylic acids is 2. The molecule has 0 spiro atoms. The quantitative estimate of drug-likeness (QED) is 0.523. The second-order valence-electron chi connectivity index (χ2n) is 2.65. The number of halogens is 1. The van der Waals surface area contributed by atoms with Gasteiger partial charge in [-0.3, -0.25) is 14.5 Å². The Labute approximate surface area is 64.2 Å². The zero-order chi connectivity index (χ0) is 8.27. The largest absolute Gasteiger partial charge is 0.298 e. The highest BCUT2D eigenvalue weighted by atomic mass is 19.1. The van der Waals surface area contributed by atoms with E-state index in [9.17, 15) is 14.0 Å². The maximum Gasteiger partial charge on any atom is 0.154 e. The van der Waals surface area contributed by atoms with E-state index in [-0.39, 0.29) is 37.6 Å². The number of Topliss-reactive ketones (excluding diaryl/α,β-unsaturated/α-hetero) is 2. The molecule has 0 aliphatic carbocycles. The first kappa shape index (κ1) is 8.33. The predicted molar refractivity (Wildman–Crippen MR) is 37.0 cm³/mol. The summed E-state index contributed by atoms with van der Waals surface area (Å²) in [6, 6.07) is 0. The summed E-state index contributed by atoms with van der Waals surface area (Å²) >= 11 is 0. The van der Waals surface area contributed by atoms with Gasteiger partial charge in [-0.2, -0.15) is 0 Å². The zero-order valence-electron chi connectivity index (χ0n) is 6.18. The molecule has 0 aromatic heterocycles. The Balaban J connectivity index is 2.43. The van der Waals surface area contributed by atoms with Crippen LogP contribution < -0.4 is 0 Å². The lowest BCUT2D eigenvalue weighted by Gasteiger charge is -2.22. The van der Waals surface area contributed by atoms with Crippen molar-refractivity contribution in [3.8, 4) is 0 Å². The average Bonchev–Trinajstić information content (AvgIpc) is 1.85. The van der Waals surface area contributed by atoms with Gasteiger partial charge in [0.05, 0.1) is 19.5 Å². The first-order chi connectivity index (χ1) is 5.22. The molecule has 0 unspecified atom stereocenters. The smallest absolute Gasteiger partial charge is 0.154 e. The molecule has 1 aliphatic heterocycles. The molecule has 0 aromatic rings. The van der Waals surface area contributed by atoms with Crippen LogP contribution in [0, 0.1) is 0 Å². The van der Waals surface area contributed by atoms with Crippen LogP contribution in [0.5, 0.6) is 0 Å². The summed E-state index contributed by atoms with van der Waals surface area (Å²) < 4.78 is 11.8. The topological polar surface area (TPSA) is 37.4 Å². The molecule has 1 aliphatic rings. The van der Waals surface area contributed by atoms with Gasteiger partial charge in [0.25, 0.3) is 0 Å². The fraction of sp³-hybridized carbons (Fsp3) is 0.714. The molecule has 3 nitrogen and oxygen atoms in total. The molecule has 11 heavy (non-hydrogen) atoms. The summed E-state index contributed by atoms with van der Waals surface area (Å²) in [6.07, 6.45) is 0.0305. The van der Waals surface area contributed by atoms with Crippen LogP contribution in [-0.2, 0) is 9.59 Å². The number of ketones is 2. The van der Waals surface area contributed by atoms with Crippen LogP contribution in [0.25, 0.3) is 0 Å². The molecule has 4 heteroatoms. The Morgan fingerprint density at radius 1 is 1.27 bits per heavy atom. The summed E-state index contributed by atoms with van der Waals surface area (Å²) in [6.45, 7) is 0.156. The molecule has 1 heterocycles. The van der Waals surface area contributed by atoms with Gasteiger partial charge >= 0.3 is 0 Å². The summed E-state index contributed by atoms with van der Waals surface area (Å²) in [7, 11) is 0. The van der Waals surface area contributed by atoms with Gasteiger partial charge in [-0.25, -0.2) is 4.39 Å². The maximum atomic E-state index is 11.8. The Kier molecular flexibility index (Phi) is 2.70. The molecule has 62 valence electrons. The normalized spacial score (nSPS) is 20.8. The van der Waals surface area contributed by atoms with Crippen molar-refractivity contribution in [3.63, 3.8) is 0 Å². The van der Waals surface area contributed by atoms with E-state index < -0.39 is 6.67 Å². The maximum absolute atomic E-state index is 11.8. The first-order valence-corrected chi connectivity index (χ1v) is 3.54. The lowest BCUT2D eigenvalue weighted by molar-refractivity contribution is -0.132. The first-order valence-electron chi connectivity index (χ1n) is 3.54. The van der Waals surface area contributed by atoms with E-state index in [0.717, 1.165) is 0 Å². The molecule has 1 rings (SSSR count). The number of alkyl halides is 1. The van der Waals surface area contributed by atoms with Crippen molar-refractivity contribution in [2.75, 3.05) is 26.3 Å². The van der Waals surface area contributed by atoms with Crippen LogP contribution in [0.4, 0.5) is 4.39 Å². The highest BCUT2D eigenvalue weighted by Crippen LogP contribution is 2.01. The van der Waals surface area contributed by atoms with Gasteiger partial charge in [0, 0.05) is 6.54 Å². The SMILES string of the molecule is O=C1CC(=O)CN(CCF)C1. The van der Waals surface area contributed by atoms with Crippen molar-refractivity contribution < 1.29 is 14.0 Å². The third-order valence-corrected chi connectivity index (χ3v) is 1.60. The van der Waals surface area contributed by atoms with Gasteiger partial charge in [0.1, 0.15) is 6.67 Å². The Bertz CT molecular complexity index is 165. The highest BCUT2D eigenvalue weighted by Gasteiger charge is 2.22. The van der Waals surface area contributed by atoms with Crippen molar-refractivity contribution in [3.05, 3.63) is 0 Å². The Morgan fingerprint density at radius 3 is 2.27 bits per heavy atom. The number of nitrogens with zero attached hydrogens (tertiary/aromatic N) is 1. The van der Waals surface area contributed by atoms with E-state index in [4.69, 9.17) is 0 Å². The Morgan fingerprint density at radius 2 is 1.82 bits per heavy atom. The Hall–Kier alpha value is -0.770. The second-order valence-corrected chi connectivity index (χ2v) is 2.65. The van der Waals surface area contributed by atoms with E-state index in [1.165, 1.54) is 4.90 Å². The van der Waals surface area contributed by atoms with Crippen molar-refractivity contribution in [2.45, 2.75) is 6.42 Å². The summed E-state index contributed by atoms with van der Waals surface area (Å²) in [4.78, 5) is 23.1. The standard InChI is InChI=1S/C7H10FNO2/c8-1-2-9-4-6(10)3-7(11)5-9/h1-5H2. The molecular weight excluding hydrogens is 149 g/mol.